The summed E-state index contributed by atoms with van der Waals surface area (Å²) < 4.78 is 5.60. The van der Waals surface area contributed by atoms with Gasteiger partial charge in [-0.3, -0.25) is 9.69 Å². The lowest BCUT2D eigenvalue weighted by Crippen LogP contribution is -2.49. The summed E-state index contributed by atoms with van der Waals surface area (Å²) in [4.78, 5) is 14.1. The fraction of sp³-hybridized carbons (Fsp3) is 0.923. The molecule has 4 unspecified atom stereocenters. The van der Waals surface area contributed by atoms with Gasteiger partial charge >= 0.3 is 0 Å². The number of ketones is 1. The first-order valence-electron chi connectivity index (χ1n) is 6.48. The highest BCUT2D eigenvalue weighted by molar-refractivity contribution is 5.82. The Morgan fingerprint density at radius 3 is 2.75 bits per heavy atom. The molecule has 92 valence electrons. The highest BCUT2D eigenvalue weighted by Gasteiger charge is 2.34. The number of piperidine rings is 1. The van der Waals surface area contributed by atoms with E-state index in [1.807, 2.05) is 0 Å². The Bertz CT molecular complexity index is 267. The summed E-state index contributed by atoms with van der Waals surface area (Å²) >= 11 is 0. The van der Waals surface area contributed by atoms with Crippen LogP contribution in [0.3, 0.4) is 0 Å². The van der Waals surface area contributed by atoms with Gasteiger partial charge in [-0.1, -0.05) is 6.92 Å². The first-order chi connectivity index (χ1) is 7.59. The minimum absolute atomic E-state index is 0.200. The summed E-state index contributed by atoms with van der Waals surface area (Å²) in [6, 6.07) is 0.397. The number of hydrogen-bond donors (Lipinski definition) is 0. The SMILES string of the molecule is CC1OCCC1CN1CCC(=O)C(C)C1C. The van der Waals surface area contributed by atoms with E-state index in [0.717, 1.165) is 26.1 Å². The first-order valence-corrected chi connectivity index (χ1v) is 6.48. The van der Waals surface area contributed by atoms with Crippen molar-refractivity contribution in [3.63, 3.8) is 0 Å². The fourth-order valence-corrected chi connectivity index (χ4v) is 2.84. The van der Waals surface area contributed by atoms with Crippen LogP contribution in [-0.4, -0.2) is 42.5 Å². The number of nitrogens with zero attached hydrogens (tertiary/aromatic N) is 1. The minimum Gasteiger partial charge on any atom is -0.378 e. The van der Waals surface area contributed by atoms with Crippen LogP contribution in [0, 0.1) is 11.8 Å². The number of likely N-dealkylation sites (tertiary alicyclic amines) is 1. The van der Waals surface area contributed by atoms with Crippen molar-refractivity contribution in [2.24, 2.45) is 11.8 Å². The summed E-state index contributed by atoms with van der Waals surface area (Å²) in [6.07, 6.45) is 2.29. The van der Waals surface area contributed by atoms with Crippen LogP contribution in [0.1, 0.15) is 33.6 Å². The Hall–Kier alpha value is -0.410. The van der Waals surface area contributed by atoms with E-state index in [2.05, 4.69) is 25.7 Å². The molecule has 16 heavy (non-hydrogen) atoms. The van der Waals surface area contributed by atoms with Crippen LogP contribution >= 0.6 is 0 Å². The number of rotatable bonds is 2. The quantitative estimate of drug-likeness (QED) is 0.716. The van der Waals surface area contributed by atoms with E-state index >= 15 is 0 Å². The molecule has 0 aliphatic carbocycles. The maximum absolute atomic E-state index is 11.6. The minimum atomic E-state index is 0.200. The summed E-state index contributed by atoms with van der Waals surface area (Å²) in [5.74, 6) is 1.29. The molecule has 0 bridgehead atoms. The lowest BCUT2D eigenvalue weighted by molar-refractivity contribution is -0.128. The van der Waals surface area contributed by atoms with Gasteiger partial charge < -0.3 is 4.74 Å². The van der Waals surface area contributed by atoms with Crippen molar-refractivity contribution in [3.8, 4) is 0 Å². The molecular formula is C13H23NO2. The van der Waals surface area contributed by atoms with Crippen LogP contribution in [0.25, 0.3) is 0 Å². The third-order valence-electron chi connectivity index (χ3n) is 4.46. The van der Waals surface area contributed by atoms with E-state index in [4.69, 9.17) is 4.74 Å². The Morgan fingerprint density at radius 1 is 1.38 bits per heavy atom. The highest BCUT2D eigenvalue weighted by Crippen LogP contribution is 2.26. The van der Waals surface area contributed by atoms with Crippen LogP contribution in [0.15, 0.2) is 0 Å². The number of Topliss-reactive ketones (excluding diaryl/α,β-unsaturated/α-hetero) is 1. The van der Waals surface area contributed by atoms with E-state index in [0.29, 0.717) is 23.8 Å². The smallest absolute Gasteiger partial charge is 0.138 e. The zero-order chi connectivity index (χ0) is 11.7. The molecule has 0 aromatic heterocycles. The Morgan fingerprint density at radius 2 is 2.12 bits per heavy atom. The van der Waals surface area contributed by atoms with Crippen molar-refractivity contribution in [1.82, 2.24) is 4.90 Å². The molecule has 2 saturated heterocycles. The third kappa shape index (κ3) is 2.30. The molecule has 2 fully saturated rings. The normalized spacial score (nSPS) is 41.6. The summed E-state index contributed by atoms with van der Waals surface area (Å²) in [7, 11) is 0. The molecule has 0 aromatic rings. The van der Waals surface area contributed by atoms with Gasteiger partial charge in [0.15, 0.2) is 0 Å². The molecule has 2 heterocycles. The summed E-state index contributed by atoms with van der Waals surface area (Å²) in [6.45, 7) is 9.35. The number of hydrogen-bond acceptors (Lipinski definition) is 3. The molecule has 0 saturated carbocycles. The van der Waals surface area contributed by atoms with E-state index < -0.39 is 0 Å². The Labute approximate surface area is 98.1 Å². The first kappa shape index (κ1) is 12.1. The molecule has 2 rings (SSSR count). The van der Waals surface area contributed by atoms with Crippen molar-refractivity contribution in [3.05, 3.63) is 0 Å². The largest absolute Gasteiger partial charge is 0.378 e. The van der Waals surface area contributed by atoms with Gasteiger partial charge in [-0.25, -0.2) is 0 Å². The van der Waals surface area contributed by atoms with Crippen LogP contribution < -0.4 is 0 Å². The van der Waals surface area contributed by atoms with Gasteiger partial charge in [0.2, 0.25) is 0 Å². The fourth-order valence-electron chi connectivity index (χ4n) is 2.84. The van der Waals surface area contributed by atoms with Crippen molar-refractivity contribution < 1.29 is 9.53 Å². The monoisotopic (exact) mass is 225 g/mol. The number of carbonyl (C=O) groups is 1. The van der Waals surface area contributed by atoms with Gasteiger partial charge in [-0.2, -0.15) is 0 Å². The van der Waals surface area contributed by atoms with Gasteiger partial charge in [-0.05, 0) is 26.2 Å². The van der Waals surface area contributed by atoms with Crippen molar-refractivity contribution in [2.45, 2.75) is 45.8 Å². The topological polar surface area (TPSA) is 29.5 Å². The van der Waals surface area contributed by atoms with Gasteiger partial charge in [0.1, 0.15) is 5.78 Å². The molecule has 3 nitrogen and oxygen atoms in total. The van der Waals surface area contributed by atoms with Crippen LogP contribution in [0.2, 0.25) is 0 Å². The molecule has 0 amide bonds. The van der Waals surface area contributed by atoms with Crippen molar-refractivity contribution >= 4 is 5.78 Å². The predicted octanol–water partition coefficient (Wildman–Crippen LogP) is 1.71. The summed E-state index contributed by atoms with van der Waals surface area (Å²) in [5.41, 5.74) is 0. The average molecular weight is 225 g/mol. The maximum Gasteiger partial charge on any atom is 0.138 e. The predicted molar refractivity (Wildman–Crippen MR) is 63.3 cm³/mol. The molecule has 0 radical (unpaired) electrons. The molecule has 2 aliphatic rings. The maximum atomic E-state index is 11.6. The van der Waals surface area contributed by atoms with Crippen molar-refractivity contribution in [2.75, 3.05) is 19.7 Å². The Balaban J connectivity index is 1.92. The number of carbonyl (C=O) groups excluding carboxylic acids is 1. The van der Waals surface area contributed by atoms with Gasteiger partial charge in [0.05, 0.1) is 6.10 Å². The van der Waals surface area contributed by atoms with Crippen LogP contribution in [0.4, 0.5) is 0 Å². The van der Waals surface area contributed by atoms with E-state index in [1.54, 1.807) is 0 Å². The summed E-state index contributed by atoms with van der Waals surface area (Å²) in [5, 5.41) is 0. The lowest BCUT2D eigenvalue weighted by atomic mass is 9.89. The number of ether oxygens (including phenoxy) is 1. The molecule has 3 heteroatoms. The van der Waals surface area contributed by atoms with E-state index in [-0.39, 0.29) is 5.92 Å². The molecule has 0 aromatic carbocycles. The second kappa shape index (κ2) is 4.84. The van der Waals surface area contributed by atoms with Crippen LogP contribution in [-0.2, 0) is 9.53 Å². The molecule has 0 spiro atoms. The molecule has 0 N–H and O–H groups in total. The van der Waals surface area contributed by atoms with E-state index in [9.17, 15) is 4.79 Å². The standard InChI is InChI=1S/C13H23NO2/c1-9-10(2)14(6-4-13(9)15)8-12-5-7-16-11(12)3/h9-12H,4-8H2,1-3H3. The molecule has 4 atom stereocenters. The average Bonchev–Trinajstić information content (AvgIpc) is 2.65. The molecular weight excluding hydrogens is 202 g/mol. The van der Waals surface area contributed by atoms with Gasteiger partial charge in [0.25, 0.3) is 0 Å². The Kier molecular flexibility index (Phi) is 3.65. The lowest BCUT2D eigenvalue weighted by Gasteiger charge is -2.38. The molecule has 2 aliphatic heterocycles. The third-order valence-corrected chi connectivity index (χ3v) is 4.46. The second-order valence-electron chi connectivity index (χ2n) is 5.37. The highest BCUT2D eigenvalue weighted by atomic mass is 16.5. The van der Waals surface area contributed by atoms with Gasteiger partial charge in [-0.15, -0.1) is 0 Å². The van der Waals surface area contributed by atoms with Crippen LogP contribution in [0.5, 0.6) is 0 Å². The van der Waals surface area contributed by atoms with Gasteiger partial charge in [0, 0.05) is 38.1 Å². The zero-order valence-corrected chi connectivity index (χ0v) is 10.6. The zero-order valence-electron chi connectivity index (χ0n) is 10.6. The van der Waals surface area contributed by atoms with Crippen molar-refractivity contribution in [1.29, 1.82) is 0 Å². The second-order valence-corrected chi connectivity index (χ2v) is 5.37. The van der Waals surface area contributed by atoms with E-state index in [1.165, 1.54) is 6.42 Å².